The zero-order chi connectivity index (χ0) is 21.1. The van der Waals surface area contributed by atoms with Crippen LogP contribution in [-0.4, -0.2) is 11.6 Å². The highest BCUT2D eigenvalue weighted by atomic mass is 16.5. The molecular weight excluding hydrogens is 370 g/mol. The predicted molar refractivity (Wildman–Crippen MR) is 119 cm³/mol. The lowest BCUT2D eigenvalue weighted by atomic mass is 9.87. The van der Waals surface area contributed by atoms with Gasteiger partial charge in [-0.1, -0.05) is 60.7 Å². The maximum absolute atomic E-state index is 10.1. The van der Waals surface area contributed by atoms with Crippen molar-refractivity contribution in [3.05, 3.63) is 82.9 Å². The van der Waals surface area contributed by atoms with E-state index in [1.165, 1.54) is 5.56 Å². The minimum atomic E-state index is -0.291. The summed E-state index contributed by atoms with van der Waals surface area (Å²) in [6, 6.07) is 23.3. The van der Waals surface area contributed by atoms with Gasteiger partial charge in [0.25, 0.3) is 5.82 Å². The van der Waals surface area contributed by atoms with Crippen LogP contribution in [0.4, 0.5) is 5.82 Å². The lowest BCUT2D eigenvalue weighted by molar-refractivity contribution is -0.349. The number of ether oxygens (including phenoxy) is 1. The fourth-order valence-electron chi connectivity index (χ4n) is 4.16. The van der Waals surface area contributed by atoms with Gasteiger partial charge in [-0.15, -0.1) is 0 Å². The standard InChI is InChI=1S/C26H27N3O/c1-18(14-19-10-6-4-7-11-19)28-25-22(16-27)21-15-26(2,3)30-17-23(21)24(29-25)20-12-8-5-9-13-20/h4-13,18H,14-15,17H2,1-3H3,(H,28,29)/p+1/t18-/m1/s1. The van der Waals surface area contributed by atoms with Crippen LogP contribution in [0.3, 0.4) is 0 Å². The summed E-state index contributed by atoms with van der Waals surface area (Å²) in [4.78, 5) is 3.54. The Balaban J connectivity index is 1.77. The Morgan fingerprint density at radius 3 is 2.40 bits per heavy atom. The minimum Gasteiger partial charge on any atom is -0.370 e. The minimum absolute atomic E-state index is 0.172. The molecule has 0 saturated heterocycles. The molecule has 0 aliphatic carbocycles. The number of aromatic amines is 1. The van der Waals surface area contributed by atoms with Crippen molar-refractivity contribution in [3.63, 3.8) is 0 Å². The Morgan fingerprint density at radius 2 is 1.73 bits per heavy atom. The molecule has 3 aromatic rings. The number of nitriles is 1. The molecule has 4 heteroatoms. The van der Waals surface area contributed by atoms with Crippen LogP contribution < -0.4 is 10.3 Å². The van der Waals surface area contributed by atoms with Gasteiger partial charge in [0.05, 0.1) is 18.2 Å². The normalized spacial score (nSPS) is 15.7. The highest BCUT2D eigenvalue weighted by Crippen LogP contribution is 2.36. The summed E-state index contributed by atoms with van der Waals surface area (Å²) in [6.07, 6.45) is 1.59. The van der Waals surface area contributed by atoms with Crippen LogP contribution in [0.2, 0.25) is 0 Å². The van der Waals surface area contributed by atoms with Crippen molar-refractivity contribution in [3.8, 4) is 17.3 Å². The van der Waals surface area contributed by atoms with Crippen LogP contribution in [0.5, 0.6) is 0 Å². The molecule has 0 radical (unpaired) electrons. The highest BCUT2D eigenvalue weighted by molar-refractivity contribution is 5.67. The Kier molecular flexibility index (Phi) is 5.57. The molecule has 4 rings (SSSR count). The SMILES string of the molecule is C[C@H](Cc1ccccc1)Nc1[nH+]c(-c2ccccc2)c2c(c1C#N)CC(C)(C)OC2. The van der Waals surface area contributed by atoms with Crippen molar-refractivity contribution in [1.82, 2.24) is 0 Å². The van der Waals surface area contributed by atoms with E-state index in [-0.39, 0.29) is 11.6 Å². The molecule has 1 aliphatic heterocycles. The second-order valence-corrected chi connectivity index (χ2v) is 8.65. The van der Waals surface area contributed by atoms with Crippen molar-refractivity contribution in [2.45, 2.75) is 51.9 Å². The van der Waals surface area contributed by atoms with E-state index in [1.54, 1.807) is 0 Å². The van der Waals surface area contributed by atoms with Gasteiger partial charge in [0.15, 0.2) is 0 Å². The molecule has 0 spiro atoms. The highest BCUT2D eigenvalue weighted by Gasteiger charge is 2.34. The first kappa shape index (κ1) is 20.1. The fraction of sp³-hybridized carbons (Fsp3) is 0.308. The number of rotatable bonds is 5. The Labute approximate surface area is 178 Å². The van der Waals surface area contributed by atoms with Gasteiger partial charge in [0.2, 0.25) is 0 Å². The van der Waals surface area contributed by atoms with Crippen molar-refractivity contribution in [2.24, 2.45) is 0 Å². The first-order chi connectivity index (χ1) is 14.5. The molecule has 152 valence electrons. The van der Waals surface area contributed by atoms with Crippen LogP contribution in [-0.2, 0) is 24.2 Å². The van der Waals surface area contributed by atoms with Gasteiger partial charge in [-0.05, 0) is 31.9 Å². The van der Waals surface area contributed by atoms with Gasteiger partial charge in [0, 0.05) is 24.0 Å². The molecule has 1 aliphatic rings. The molecule has 1 aromatic heterocycles. The lowest BCUT2D eigenvalue weighted by Gasteiger charge is -2.33. The fourth-order valence-corrected chi connectivity index (χ4v) is 4.16. The molecule has 0 fully saturated rings. The first-order valence-corrected chi connectivity index (χ1v) is 10.5. The summed E-state index contributed by atoms with van der Waals surface area (Å²) in [5.41, 5.74) is 5.96. The van der Waals surface area contributed by atoms with E-state index in [0.717, 1.165) is 34.6 Å². The van der Waals surface area contributed by atoms with Crippen LogP contribution in [0, 0.1) is 11.3 Å². The third-order valence-corrected chi connectivity index (χ3v) is 5.63. The summed E-state index contributed by atoms with van der Waals surface area (Å²) < 4.78 is 6.10. The molecule has 2 N–H and O–H groups in total. The second kappa shape index (κ2) is 8.30. The smallest absolute Gasteiger partial charge is 0.291 e. The summed E-state index contributed by atoms with van der Waals surface area (Å²) in [6.45, 7) is 6.82. The van der Waals surface area contributed by atoms with Crippen LogP contribution in [0.1, 0.15) is 43.0 Å². The number of pyridine rings is 1. The van der Waals surface area contributed by atoms with E-state index in [4.69, 9.17) is 4.74 Å². The molecule has 0 saturated carbocycles. The number of aromatic nitrogens is 1. The second-order valence-electron chi connectivity index (χ2n) is 8.65. The van der Waals surface area contributed by atoms with E-state index >= 15 is 0 Å². The molecule has 2 heterocycles. The predicted octanol–water partition coefficient (Wildman–Crippen LogP) is 4.93. The number of benzene rings is 2. The van der Waals surface area contributed by atoms with Gasteiger partial charge in [0.1, 0.15) is 17.3 Å². The van der Waals surface area contributed by atoms with Crippen LogP contribution in [0.25, 0.3) is 11.3 Å². The topological polar surface area (TPSA) is 59.2 Å². The molecular formula is C26H28N3O+. The van der Waals surface area contributed by atoms with Gasteiger partial charge in [-0.25, -0.2) is 4.98 Å². The van der Waals surface area contributed by atoms with Crippen LogP contribution in [0.15, 0.2) is 60.7 Å². The van der Waals surface area contributed by atoms with E-state index in [9.17, 15) is 5.26 Å². The van der Waals surface area contributed by atoms with Gasteiger partial charge in [-0.2, -0.15) is 5.26 Å². The van der Waals surface area contributed by atoms with Crippen molar-refractivity contribution >= 4 is 5.82 Å². The molecule has 0 amide bonds. The van der Waals surface area contributed by atoms with Crippen molar-refractivity contribution in [2.75, 3.05) is 5.32 Å². The van der Waals surface area contributed by atoms with Gasteiger partial charge >= 0.3 is 0 Å². The third-order valence-electron chi connectivity index (χ3n) is 5.63. The average Bonchev–Trinajstić information content (AvgIpc) is 2.73. The molecule has 2 aromatic carbocycles. The van der Waals surface area contributed by atoms with Crippen molar-refractivity contribution < 1.29 is 9.72 Å². The summed E-state index contributed by atoms with van der Waals surface area (Å²) in [7, 11) is 0. The maximum atomic E-state index is 10.1. The number of nitrogens with zero attached hydrogens (tertiary/aromatic N) is 1. The van der Waals surface area contributed by atoms with E-state index < -0.39 is 0 Å². The molecule has 0 bridgehead atoms. The third kappa shape index (κ3) is 4.22. The largest absolute Gasteiger partial charge is 0.370 e. The Hall–Kier alpha value is -3.16. The quantitative estimate of drug-likeness (QED) is 0.663. The molecule has 1 atom stereocenters. The first-order valence-electron chi connectivity index (χ1n) is 10.5. The number of hydrogen-bond acceptors (Lipinski definition) is 3. The summed E-state index contributed by atoms with van der Waals surface area (Å²) >= 11 is 0. The summed E-state index contributed by atoms with van der Waals surface area (Å²) in [5.74, 6) is 0.788. The zero-order valence-electron chi connectivity index (χ0n) is 17.8. The number of hydrogen-bond donors (Lipinski definition) is 1. The zero-order valence-corrected chi connectivity index (χ0v) is 17.8. The average molecular weight is 399 g/mol. The maximum Gasteiger partial charge on any atom is 0.291 e. The van der Waals surface area contributed by atoms with Gasteiger partial charge in [-0.3, -0.25) is 5.32 Å². The Morgan fingerprint density at radius 1 is 1.07 bits per heavy atom. The molecule has 4 nitrogen and oxygen atoms in total. The number of nitrogens with one attached hydrogen (secondary N) is 2. The van der Waals surface area contributed by atoms with E-state index in [1.807, 2.05) is 24.3 Å². The van der Waals surface area contributed by atoms with E-state index in [2.05, 4.69) is 73.5 Å². The van der Waals surface area contributed by atoms with Gasteiger partial charge < -0.3 is 4.74 Å². The number of H-pyrrole nitrogens is 1. The molecule has 30 heavy (non-hydrogen) atoms. The van der Waals surface area contributed by atoms with Crippen LogP contribution >= 0.6 is 0 Å². The lowest BCUT2D eigenvalue weighted by Crippen LogP contribution is -2.36. The number of fused-ring (bicyclic) bond motifs is 1. The van der Waals surface area contributed by atoms with Crippen molar-refractivity contribution in [1.29, 1.82) is 5.26 Å². The Bertz CT molecular complexity index is 1070. The molecule has 0 unspecified atom stereocenters. The summed E-state index contributed by atoms with van der Waals surface area (Å²) in [5, 5.41) is 13.6. The monoisotopic (exact) mass is 398 g/mol. The van der Waals surface area contributed by atoms with E-state index in [0.29, 0.717) is 18.6 Å². The number of anilines is 1.